The third-order valence-electron chi connectivity index (χ3n) is 5.94. The second-order valence-corrected chi connectivity index (χ2v) is 8.56. The fourth-order valence-corrected chi connectivity index (χ4v) is 4.15. The molecule has 1 saturated heterocycles. The molecule has 168 valence electrons. The number of anilines is 1. The van der Waals surface area contributed by atoms with Crippen LogP contribution in [-0.4, -0.2) is 62.9 Å². The molecule has 32 heavy (non-hydrogen) atoms. The number of aromatic amines is 1. The average molecular weight is 436 g/mol. The third kappa shape index (κ3) is 4.81. The second-order valence-electron chi connectivity index (χ2n) is 8.56. The highest BCUT2D eigenvalue weighted by molar-refractivity contribution is 5.96. The summed E-state index contributed by atoms with van der Waals surface area (Å²) < 4.78 is 0. The van der Waals surface area contributed by atoms with Crippen molar-refractivity contribution in [3.05, 3.63) is 60.0 Å². The fraction of sp³-hybridized carbons (Fsp3) is 0.375. The second kappa shape index (κ2) is 9.50. The summed E-state index contributed by atoms with van der Waals surface area (Å²) in [5.41, 5.74) is 3.39. The smallest absolute Gasteiger partial charge is 0.325 e. The number of hydrogen-bond acceptors (Lipinski definition) is 5. The van der Waals surface area contributed by atoms with Crippen molar-refractivity contribution in [1.29, 1.82) is 0 Å². The summed E-state index contributed by atoms with van der Waals surface area (Å²) in [5, 5.41) is 13.8. The first-order valence-corrected chi connectivity index (χ1v) is 10.9. The number of amides is 1. The van der Waals surface area contributed by atoms with Gasteiger partial charge in [0, 0.05) is 79.4 Å². The predicted octanol–water partition coefficient (Wildman–Crippen LogP) is 3.10. The molecule has 0 saturated carbocycles. The molecule has 0 aliphatic carbocycles. The minimum Gasteiger partial charge on any atom is -0.480 e. The number of carboxylic acid groups (broad SMARTS) is 1. The van der Waals surface area contributed by atoms with Gasteiger partial charge in [-0.05, 0) is 29.8 Å². The number of carbonyl (C=O) groups is 2. The molecule has 1 amide bonds. The number of H-pyrrole nitrogens is 1. The van der Waals surface area contributed by atoms with Gasteiger partial charge in [-0.2, -0.15) is 0 Å². The number of hydrogen-bond donors (Lipinski definition) is 3. The Balaban J connectivity index is 1.51. The lowest BCUT2D eigenvalue weighted by molar-refractivity contribution is -0.144. The fourth-order valence-electron chi connectivity index (χ4n) is 4.15. The van der Waals surface area contributed by atoms with Crippen LogP contribution in [0.3, 0.4) is 0 Å². The summed E-state index contributed by atoms with van der Waals surface area (Å²) >= 11 is 0. The molecule has 3 aromatic rings. The van der Waals surface area contributed by atoms with Gasteiger partial charge in [0.25, 0.3) is 0 Å². The van der Waals surface area contributed by atoms with Gasteiger partial charge >= 0.3 is 5.97 Å². The highest BCUT2D eigenvalue weighted by atomic mass is 16.4. The summed E-state index contributed by atoms with van der Waals surface area (Å²) in [6.45, 7) is 7.38. The van der Waals surface area contributed by atoms with E-state index >= 15 is 0 Å². The Kier molecular flexibility index (Phi) is 6.53. The molecular formula is C24H29N5O3. The summed E-state index contributed by atoms with van der Waals surface area (Å²) in [6.07, 6.45) is 5.41. The quantitative estimate of drug-likeness (QED) is 0.527. The lowest BCUT2D eigenvalue weighted by Gasteiger charge is -2.37. The summed E-state index contributed by atoms with van der Waals surface area (Å²) in [7, 11) is 0. The number of benzene rings is 1. The maximum atomic E-state index is 12.3. The van der Waals surface area contributed by atoms with E-state index < -0.39 is 12.0 Å². The minimum absolute atomic E-state index is 0.0686. The first-order valence-electron chi connectivity index (χ1n) is 10.9. The van der Waals surface area contributed by atoms with E-state index in [1.165, 1.54) is 0 Å². The molecule has 8 nitrogen and oxygen atoms in total. The van der Waals surface area contributed by atoms with Crippen molar-refractivity contribution in [2.75, 3.05) is 31.5 Å². The van der Waals surface area contributed by atoms with Crippen molar-refractivity contribution in [2.24, 2.45) is 5.92 Å². The Bertz CT molecular complexity index is 1090. The Hall–Kier alpha value is -3.23. The molecule has 0 radical (unpaired) electrons. The number of piperazine rings is 1. The van der Waals surface area contributed by atoms with E-state index in [0.717, 1.165) is 36.1 Å². The number of nitrogens with one attached hydrogen (secondary N) is 2. The van der Waals surface area contributed by atoms with Crippen LogP contribution in [0, 0.1) is 5.92 Å². The van der Waals surface area contributed by atoms with Crippen molar-refractivity contribution < 1.29 is 14.7 Å². The van der Waals surface area contributed by atoms with Gasteiger partial charge in [0.1, 0.15) is 6.04 Å². The number of pyridine rings is 1. The highest BCUT2D eigenvalue weighted by Gasteiger charge is 2.32. The van der Waals surface area contributed by atoms with E-state index in [1.807, 2.05) is 49.2 Å². The summed E-state index contributed by atoms with van der Waals surface area (Å²) in [4.78, 5) is 36.1. The molecule has 1 atom stereocenters. The van der Waals surface area contributed by atoms with E-state index in [2.05, 4.69) is 26.3 Å². The molecular weight excluding hydrogens is 406 g/mol. The monoisotopic (exact) mass is 435 g/mol. The lowest BCUT2D eigenvalue weighted by Crippen LogP contribution is -2.48. The summed E-state index contributed by atoms with van der Waals surface area (Å²) in [5.74, 6) is -1.07. The average Bonchev–Trinajstić information content (AvgIpc) is 3.18. The van der Waals surface area contributed by atoms with Crippen LogP contribution in [0.25, 0.3) is 10.9 Å². The topological polar surface area (TPSA) is 102 Å². The number of carbonyl (C=O) groups excluding carboxylic acids is 1. The number of fused-ring (bicyclic) bond motifs is 1. The first kappa shape index (κ1) is 22.0. The predicted molar refractivity (Wildman–Crippen MR) is 123 cm³/mol. The van der Waals surface area contributed by atoms with E-state index in [0.29, 0.717) is 24.3 Å². The zero-order valence-corrected chi connectivity index (χ0v) is 18.4. The Labute approximate surface area is 187 Å². The number of aromatic nitrogens is 2. The maximum Gasteiger partial charge on any atom is 0.325 e. The molecule has 2 aromatic heterocycles. The van der Waals surface area contributed by atoms with Crippen molar-refractivity contribution in [1.82, 2.24) is 19.8 Å². The van der Waals surface area contributed by atoms with Gasteiger partial charge in [-0.25, -0.2) is 0 Å². The molecule has 3 heterocycles. The molecule has 1 fully saturated rings. The molecule has 0 bridgehead atoms. The van der Waals surface area contributed by atoms with Crippen LogP contribution >= 0.6 is 0 Å². The summed E-state index contributed by atoms with van der Waals surface area (Å²) in [6, 6.07) is 8.80. The Morgan fingerprint density at radius 1 is 1.19 bits per heavy atom. The van der Waals surface area contributed by atoms with Gasteiger partial charge in [-0.1, -0.05) is 19.9 Å². The molecule has 1 unspecified atom stereocenters. The number of rotatable bonds is 7. The SMILES string of the molecule is CC(C)C(=O)Nc1ccc2[nH]cc(C(C(=O)O)N3CCN(Cc4cccnc4)CC3)c2c1. The number of nitrogens with zero attached hydrogens (tertiary/aromatic N) is 3. The van der Waals surface area contributed by atoms with Crippen molar-refractivity contribution >= 4 is 28.5 Å². The molecule has 4 rings (SSSR count). The van der Waals surface area contributed by atoms with E-state index in [9.17, 15) is 14.7 Å². The van der Waals surface area contributed by atoms with Gasteiger partial charge < -0.3 is 15.4 Å². The Morgan fingerprint density at radius 3 is 2.62 bits per heavy atom. The van der Waals surface area contributed by atoms with Crippen molar-refractivity contribution in [3.8, 4) is 0 Å². The number of aliphatic carboxylic acids is 1. The number of carboxylic acids is 1. The Morgan fingerprint density at radius 2 is 1.97 bits per heavy atom. The van der Waals surface area contributed by atoms with Gasteiger partial charge in [0.05, 0.1) is 0 Å². The van der Waals surface area contributed by atoms with Crippen LogP contribution in [0.4, 0.5) is 5.69 Å². The zero-order chi connectivity index (χ0) is 22.7. The van der Waals surface area contributed by atoms with Gasteiger partial charge in [-0.15, -0.1) is 0 Å². The molecule has 1 aliphatic rings. The first-order chi connectivity index (χ1) is 15.4. The van der Waals surface area contributed by atoms with Crippen LogP contribution in [0.1, 0.15) is 31.0 Å². The van der Waals surface area contributed by atoms with E-state index in [4.69, 9.17) is 0 Å². The molecule has 0 spiro atoms. The van der Waals surface area contributed by atoms with Crippen LogP contribution in [0.2, 0.25) is 0 Å². The molecule has 1 aromatic carbocycles. The van der Waals surface area contributed by atoms with E-state index in [-0.39, 0.29) is 11.8 Å². The highest BCUT2D eigenvalue weighted by Crippen LogP contribution is 2.31. The van der Waals surface area contributed by atoms with Gasteiger partial charge in [-0.3, -0.25) is 24.4 Å². The van der Waals surface area contributed by atoms with Crippen molar-refractivity contribution in [3.63, 3.8) is 0 Å². The van der Waals surface area contributed by atoms with Crippen LogP contribution < -0.4 is 5.32 Å². The van der Waals surface area contributed by atoms with Gasteiger partial charge in [0.15, 0.2) is 0 Å². The molecule has 8 heteroatoms. The van der Waals surface area contributed by atoms with Crippen molar-refractivity contribution in [2.45, 2.75) is 26.4 Å². The maximum absolute atomic E-state index is 12.3. The normalized spacial score (nSPS) is 16.3. The molecule has 1 aliphatic heterocycles. The van der Waals surface area contributed by atoms with Crippen LogP contribution in [0.15, 0.2) is 48.9 Å². The minimum atomic E-state index is -0.872. The largest absolute Gasteiger partial charge is 0.480 e. The zero-order valence-electron chi connectivity index (χ0n) is 18.4. The van der Waals surface area contributed by atoms with Gasteiger partial charge in [0.2, 0.25) is 5.91 Å². The lowest BCUT2D eigenvalue weighted by atomic mass is 10.0. The van der Waals surface area contributed by atoms with Crippen LogP contribution in [0.5, 0.6) is 0 Å². The third-order valence-corrected chi connectivity index (χ3v) is 5.94. The van der Waals surface area contributed by atoms with Crippen LogP contribution in [-0.2, 0) is 16.1 Å². The standard InChI is InChI=1S/C24H29N5O3/c1-16(2)23(30)27-18-5-6-21-19(12-18)20(14-26-21)22(24(31)32)29-10-8-28(9-11-29)15-17-4-3-7-25-13-17/h3-7,12-14,16,22,26H,8-11,15H2,1-2H3,(H,27,30)(H,31,32). The molecule has 3 N–H and O–H groups in total. The van der Waals surface area contributed by atoms with E-state index in [1.54, 1.807) is 12.4 Å².